The van der Waals surface area contributed by atoms with Crippen molar-refractivity contribution in [3.05, 3.63) is 77.0 Å². The molecule has 2 aliphatic rings. The second-order valence-corrected chi connectivity index (χ2v) is 9.12. The largest absolute Gasteiger partial charge is 0.463 e. The maximum absolute atomic E-state index is 12.8. The molecule has 8 heteroatoms. The lowest BCUT2D eigenvalue weighted by molar-refractivity contribution is -0.139. The minimum atomic E-state index is -0.337. The summed E-state index contributed by atoms with van der Waals surface area (Å²) in [5, 5.41) is 3.81. The van der Waals surface area contributed by atoms with Crippen LogP contribution in [-0.2, 0) is 25.7 Å². The Morgan fingerprint density at radius 3 is 2.65 bits per heavy atom. The number of anilines is 1. The first-order valence-corrected chi connectivity index (χ1v) is 12.4. The van der Waals surface area contributed by atoms with Crippen molar-refractivity contribution < 1.29 is 19.1 Å². The van der Waals surface area contributed by atoms with Gasteiger partial charge in [0.1, 0.15) is 6.61 Å². The van der Waals surface area contributed by atoms with Crippen LogP contribution in [0.15, 0.2) is 70.9 Å². The highest BCUT2D eigenvalue weighted by atomic mass is 32.2. The number of nitrogens with one attached hydrogen (secondary N) is 1. The number of carbonyl (C=O) groups is 2. The summed E-state index contributed by atoms with van der Waals surface area (Å²) in [5.74, 6) is 0.462. The molecule has 2 heterocycles. The zero-order valence-corrected chi connectivity index (χ0v) is 20.3. The minimum absolute atomic E-state index is 0.0287. The molecule has 0 saturated carbocycles. The summed E-state index contributed by atoms with van der Waals surface area (Å²) < 4.78 is 10.9. The van der Waals surface area contributed by atoms with Crippen LogP contribution in [0.4, 0.5) is 5.69 Å². The first kappa shape index (κ1) is 24.0. The smallest absolute Gasteiger partial charge is 0.338 e. The number of thioether (sulfide) groups is 1. The van der Waals surface area contributed by atoms with Gasteiger partial charge < -0.3 is 19.7 Å². The summed E-state index contributed by atoms with van der Waals surface area (Å²) in [6.07, 6.45) is 1.02. The summed E-state index contributed by atoms with van der Waals surface area (Å²) in [6, 6.07) is 17.1. The van der Waals surface area contributed by atoms with Gasteiger partial charge in [0, 0.05) is 18.0 Å². The third-order valence-corrected chi connectivity index (χ3v) is 6.69. The first-order chi connectivity index (χ1) is 16.6. The lowest BCUT2D eigenvalue weighted by Gasteiger charge is -2.40. The van der Waals surface area contributed by atoms with Crippen molar-refractivity contribution in [1.29, 1.82) is 0 Å². The van der Waals surface area contributed by atoms with Crippen molar-refractivity contribution in [2.24, 2.45) is 4.99 Å². The molecular formula is C26H29N3O4S. The van der Waals surface area contributed by atoms with E-state index in [0.717, 1.165) is 35.0 Å². The van der Waals surface area contributed by atoms with Crippen LogP contribution in [0.3, 0.4) is 0 Å². The van der Waals surface area contributed by atoms with Crippen LogP contribution in [0.1, 0.15) is 37.4 Å². The lowest BCUT2D eigenvalue weighted by atomic mass is 9.94. The number of hydrogen-bond acceptors (Lipinski definition) is 7. The molecule has 1 N–H and O–H groups in total. The van der Waals surface area contributed by atoms with Gasteiger partial charge in [0.25, 0.3) is 0 Å². The number of benzene rings is 2. The second kappa shape index (κ2) is 11.4. The van der Waals surface area contributed by atoms with Crippen molar-refractivity contribution in [1.82, 2.24) is 4.90 Å². The van der Waals surface area contributed by atoms with Gasteiger partial charge in [-0.1, -0.05) is 54.2 Å². The van der Waals surface area contributed by atoms with E-state index in [1.54, 1.807) is 18.7 Å². The highest BCUT2D eigenvalue weighted by Gasteiger charge is 2.37. The van der Waals surface area contributed by atoms with Gasteiger partial charge in [-0.15, -0.1) is 0 Å². The van der Waals surface area contributed by atoms with E-state index in [0.29, 0.717) is 30.2 Å². The summed E-state index contributed by atoms with van der Waals surface area (Å²) in [4.78, 5) is 32.0. The van der Waals surface area contributed by atoms with E-state index in [-0.39, 0.29) is 24.5 Å². The van der Waals surface area contributed by atoms with E-state index in [9.17, 15) is 9.59 Å². The third kappa shape index (κ3) is 5.69. The van der Waals surface area contributed by atoms with E-state index in [2.05, 4.69) is 15.2 Å². The molecule has 1 atom stereocenters. The Kier molecular flexibility index (Phi) is 8.03. The number of carbonyl (C=O) groups excluding carboxylic acids is 2. The van der Waals surface area contributed by atoms with Gasteiger partial charge in [-0.2, -0.15) is 0 Å². The highest BCUT2D eigenvalue weighted by molar-refractivity contribution is 8.13. The second-order valence-electron chi connectivity index (χ2n) is 8.06. The molecule has 0 aromatic heterocycles. The zero-order chi connectivity index (χ0) is 23.9. The number of aliphatic imine (C=N–C) groups is 1. The van der Waals surface area contributed by atoms with Gasteiger partial charge >= 0.3 is 5.97 Å². The monoisotopic (exact) mass is 479 g/mol. The fourth-order valence-corrected chi connectivity index (χ4v) is 5.09. The van der Waals surface area contributed by atoms with E-state index in [1.165, 1.54) is 0 Å². The number of amides is 1. The van der Waals surface area contributed by atoms with Crippen LogP contribution in [-0.4, -0.2) is 47.5 Å². The van der Waals surface area contributed by atoms with Gasteiger partial charge in [0.15, 0.2) is 5.17 Å². The standard InChI is InChI=1S/C26H29N3O4S/c1-3-33-25(31)23-18(2)27-26-29(14-7-15-34-26)24(23)20-10-12-21(13-11-20)28-22(30)17-32-16-19-8-5-4-6-9-19/h4-6,8-13,24H,3,7,14-17H2,1-2H3,(H,28,30). The number of allylic oxidation sites excluding steroid dienone is 1. The molecule has 1 saturated heterocycles. The van der Waals surface area contributed by atoms with E-state index >= 15 is 0 Å². The van der Waals surface area contributed by atoms with Crippen LogP contribution < -0.4 is 5.32 Å². The molecule has 1 unspecified atom stereocenters. The Balaban J connectivity index is 1.45. The predicted molar refractivity (Wildman–Crippen MR) is 134 cm³/mol. The Hall–Kier alpha value is -3.10. The fourth-order valence-electron chi connectivity index (χ4n) is 4.07. The third-order valence-electron chi connectivity index (χ3n) is 5.61. The normalized spacial score (nSPS) is 17.6. The molecule has 2 aliphatic heterocycles. The molecule has 4 rings (SSSR count). The molecule has 2 aromatic carbocycles. The average molecular weight is 480 g/mol. The molecule has 34 heavy (non-hydrogen) atoms. The van der Waals surface area contributed by atoms with Gasteiger partial charge in [0.05, 0.1) is 30.5 Å². The van der Waals surface area contributed by atoms with Crippen molar-refractivity contribution >= 4 is 34.5 Å². The average Bonchev–Trinajstić information content (AvgIpc) is 2.84. The molecule has 0 spiro atoms. The number of fused-ring (bicyclic) bond motifs is 1. The van der Waals surface area contributed by atoms with Gasteiger partial charge in [-0.25, -0.2) is 9.79 Å². The summed E-state index contributed by atoms with van der Waals surface area (Å²) in [5.41, 5.74) is 3.91. The molecule has 0 aliphatic carbocycles. The lowest BCUT2D eigenvalue weighted by Crippen LogP contribution is -2.42. The molecular weight excluding hydrogens is 450 g/mol. The molecule has 1 amide bonds. The number of ether oxygens (including phenoxy) is 2. The van der Waals surface area contributed by atoms with Crippen molar-refractivity contribution in [2.45, 2.75) is 32.9 Å². The van der Waals surface area contributed by atoms with E-state index < -0.39 is 0 Å². The number of hydrogen-bond donors (Lipinski definition) is 1. The Bertz CT molecular complexity index is 1080. The fraction of sp³-hybridized carbons (Fsp3) is 0.346. The van der Waals surface area contributed by atoms with Crippen molar-refractivity contribution in [3.8, 4) is 0 Å². The molecule has 178 valence electrons. The number of nitrogens with zero attached hydrogens (tertiary/aromatic N) is 2. The predicted octanol–water partition coefficient (Wildman–Crippen LogP) is 4.53. The van der Waals surface area contributed by atoms with Gasteiger partial charge in [0.2, 0.25) is 5.91 Å². The first-order valence-electron chi connectivity index (χ1n) is 11.4. The summed E-state index contributed by atoms with van der Waals surface area (Å²) in [7, 11) is 0. The van der Waals surface area contributed by atoms with Crippen molar-refractivity contribution in [3.63, 3.8) is 0 Å². The molecule has 0 bridgehead atoms. The summed E-state index contributed by atoms with van der Waals surface area (Å²) in [6.45, 7) is 5.16. The van der Waals surface area contributed by atoms with E-state index in [4.69, 9.17) is 9.47 Å². The Labute approximate surface area is 204 Å². The zero-order valence-electron chi connectivity index (χ0n) is 19.5. The Morgan fingerprint density at radius 2 is 1.91 bits per heavy atom. The van der Waals surface area contributed by atoms with Crippen molar-refractivity contribution in [2.75, 3.05) is 30.8 Å². The number of rotatable bonds is 8. The number of esters is 1. The van der Waals surface area contributed by atoms with Crippen LogP contribution in [0, 0.1) is 0 Å². The SMILES string of the molecule is CCOC(=O)C1=C(C)N=C2SCCCN2C1c1ccc(NC(=O)COCc2ccccc2)cc1. The molecule has 0 radical (unpaired) electrons. The van der Waals surface area contributed by atoms with Crippen LogP contribution >= 0.6 is 11.8 Å². The van der Waals surface area contributed by atoms with Gasteiger partial charge in [-0.3, -0.25) is 4.79 Å². The summed E-state index contributed by atoms with van der Waals surface area (Å²) >= 11 is 1.71. The quantitative estimate of drug-likeness (QED) is 0.561. The van der Waals surface area contributed by atoms with Crippen LogP contribution in [0.2, 0.25) is 0 Å². The highest BCUT2D eigenvalue weighted by Crippen LogP contribution is 2.40. The minimum Gasteiger partial charge on any atom is -0.463 e. The van der Waals surface area contributed by atoms with Gasteiger partial charge in [-0.05, 0) is 43.5 Å². The Morgan fingerprint density at radius 1 is 1.15 bits per heavy atom. The maximum Gasteiger partial charge on any atom is 0.338 e. The maximum atomic E-state index is 12.8. The molecule has 7 nitrogen and oxygen atoms in total. The van der Waals surface area contributed by atoms with E-state index in [1.807, 2.05) is 61.5 Å². The molecule has 1 fully saturated rings. The van der Waals surface area contributed by atoms with Crippen LogP contribution in [0.5, 0.6) is 0 Å². The topological polar surface area (TPSA) is 80.2 Å². The number of amidine groups is 1. The van der Waals surface area contributed by atoms with Crippen LogP contribution in [0.25, 0.3) is 0 Å². The molecule has 2 aromatic rings.